The maximum Gasteiger partial charge on any atom is 0.371 e. The van der Waals surface area contributed by atoms with E-state index in [2.05, 4.69) is 5.10 Å². The lowest BCUT2D eigenvalue weighted by Gasteiger charge is -2.18. The number of hydrogen-bond donors (Lipinski definition) is 0. The topological polar surface area (TPSA) is 85.3 Å². The molecule has 8 heteroatoms. The molecular weight excluding hydrogens is 332 g/mol. The van der Waals surface area contributed by atoms with Gasteiger partial charge in [0.1, 0.15) is 0 Å². The molecule has 0 bridgehead atoms. The Morgan fingerprint density at radius 3 is 2.88 bits per heavy atom. The highest BCUT2D eigenvalue weighted by Crippen LogP contribution is 2.23. The Morgan fingerprint density at radius 1 is 1.46 bits per heavy atom. The van der Waals surface area contributed by atoms with Crippen molar-refractivity contribution in [3.63, 3.8) is 0 Å². The summed E-state index contributed by atoms with van der Waals surface area (Å²) in [7, 11) is 0. The van der Waals surface area contributed by atoms with Gasteiger partial charge in [0.15, 0.2) is 5.12 Å². The summed E-state index contributed by atoms with van der Waals surface area (Å²) < 4.78 is 10.5. The van der Waals surface area contributed by atoms with Crippen LogP contribution in [0.25, 0.3) is 0 Å². The summed E-state index contributed by atoms with van der Waals surface area (Å²) in [4.78, 5) is 35.4. The van der Waals surface area contributed by atoms with Crippen LogP contribution in [0, 0.1) is 0 Å². The molecular formula is C16H20N2O5S. The van der Waals surface area contributed by atoms with Crippen LogP contribution >= 0.6 is 11.8 Å². The number of amides is 1. The van der Waals surface area contributed by atoms with E-state index in [1.807, 2.05) is 18.2 Å². The third-order valence-electron chi connectivity index (χ3n) is 3.30. The van der Waals surface area contributed by atoms with Crippen LogP contribution in [0.1, 0.15) is 33.1 Å². The smallest absolute Gasteiger partial charge is 0.371 e. The number of ether oxygens (including phenoxy) is 2. The van der Waals surface area contributed by atoms with Crippen molar-refractivity contribution in [1.82, 2.24) is 5.01 Å². The number of carbonyl (C=O) groups excluding carboxylic acids is 3. The second-order valence-corrected chi connectivity index (χ2v) is 6.39. The molecule has 0 saturated heterocycles. The molecule has 7 nitrogen and oxygen atoms in total. The first-order valence-corrected chi connectivity index (χ1v) is 8.75. The van der Waals surface area contributed by atoms with Crippen molar-refractivity contribution in [3.05, 3.63) is 23.8 Å². The molecule has 0 aromatic heterocycles. The number of nitrogens with zero attached hydrogens (tertiary/aromatic N) is 2. The van der Waals surface area contributed by atoms with E-state index in [9.17, 15) is 14.4 Å². The Bertz CT molecular complexity index is 612. The number of carbonyl (C=O) groups is 3. The highest BCUT2D eigenvalue weighted by molar-refractivity contribution is 8.13. The second kappa shape index (κ2) is 8.68. The van der Waals surface area contributed by atoms with Crippen molar-refractivity contribution < 1.29 is 23.9 Å². The fourth-order valence-electron chi connectivity index (χ4n) is 2.19. The average Bonchev–Trinajstić information content (AvgIpc) is 3.01. The van der Waals surface area contributed by atoms with Crippen LogP contribution in [0.15, 0.2) is 28.9 Å². The highest BCUT2D eigenvalue weighted by atomic mass is 32.2. The number of esters is 1. The van der Waals surface area contributed by atoms with Crippen LogP contribution in [0.5, 0.6) is 0 Å². The van der Waals surface area contributed by atoms with Crippen molar-refractivity contribution >= 4 is 34.7 Å². The summed E-state index contributed by atoms with van der Waals surface area (Å²) in [5.74, 6) is -0.444. The Morgan fingerprint density at radius 2 is 2.25 bits per heavy atom. The van der Waals surface area contributed by atoms with Gasteiger partial charge < -0.3 is 9.47 Å². The summed E-state index contributed by atoms with van der Waals surface area (Å²) >= 11 is 1.05. The number of thioether (sulfide) groups is 1. The maximum atomic E-state index is 12.3. The molecule has 1 aliphatic carbocycles. The molecule has 24 heavy (non-hydrogen) atoms. The summed E-state index contributed by atoms with van der Waals surface area (Å²) in [6, 6.07) is 0. The fourth-order valence-corrected chi connectivity index (χ4v) is 2.76. The lowest BCUT2D eigenvalue weighted by Crippen LogP contribution is -2.41. The summed E-state index contributed by atoms with van der Waals surface area (Å²) in [5.41, 5.74) is 0.834. The van der Waals surface area contributed by atoms with E-state index in [0.717, 1.165) is 35.2 Å². The van der Waals surface area contributed by atoms with Gasteiger partial charge in [-0.2, -0.15) is 5.01 Å². The normalized spacial score (nSPS) is 19.4. The van der Waals surface area contributed by atoms with Gasteiger partial charge in [-0.1, -0.05) is 30.0 Å². The van der Waals surface area contributed by atoms with E-state index >= 15 is 0 Å². The zero-order chi connectivity index (χ0) is 17.5. The molecule has 0 radical (unpaired) electrons. The van der Waals surface area contributed by atoms with E-state index in [0.29, 0.717) is 5.75 Å². The van der Waals surface area contributed by atoms with Crippen LogP contribution in [-0.4, -0.2) is 46.5 Å². The fraction of sp³-hybridized carbons (Fsp3) is 0.500. The van der Waals surface area contributed by atoms with Gasteiger partial charge in [-0.15, -0.1) is 5.10 Å². The molecule has 0 saturated carbocycles. The van der Waals surface area contributed by atoms with E-state index < -0.39 is 12.2 Å². The molecule has 2 rings (SSSR count). The molecule has 0 aromatic rings. The maximum absolute atomic E-state index is 12.3. The monoisotopic (exact) mass is 352 g/mol. The molecule has 0 spiro atoms. The van der Waals surface area contributed by atoms with Crippen molar-refractivity contribution in [2.75, 3.05) is 12.4 Å². The quantitative estimate of drug-likeness (QED) is 0.680. The van der Waals surface area contributed by atoms with E-state index in [1.54, 1.807) is 6.92 Å². The first kappa shape index (κ1) is 18.3. The second-order valence-electron chi connectivity index (χ2n) is 5.11. The van der Waals surface area contributed by atoms with Crippen molar-refractivity contribution in [2.45, 2.75) is 39.3 Å². The Labute approximate surface area is 144 Å². The molecule has 2 aliphatic rings. The minimum absolute atomic E-state index is 0.0641. The van der Waals surface area contributed by atoms with Crippen LogP contribution in [0.4, 0.5) is 0 Å². The molecule has 0 N–H and O–H groups in total. The van der Waals surface area contributed by atoms with Gasteiger partial charge in [0, 0.05) is 24.7 Å². The molecule has 1 aliphatic heterocycles. The van der Waals surface area contributed by atoms with Gasteiger partial charge in [-0.25, -0.2) is 4.79 Å². The molecule has 0 aromatic carbocycles. The number of hydrogen-bond acceptors (Lipinski definition) is 7. The van der Waals surface area contributed by atoms with Crippen molar-refractivity contribution in [2.24, 2.45) is 5.10 Å². The van der Waals surface area contributed by atoms with Crippen LogP contribution in [-0.2, 0) is 23.9 Å². The zero-order valence-corrected chi connectivity index (χ0v) is 14.5. The Kier molecular flexibility index (Phi) is 6.60. The van der Waals surface area contributed by atoms with E-state index in [4.69, 9.17) is 9.47 Å². The number of hydrazone groups is 1. The van der Waals surface area contributed by atoms with E-state index in [-0.39, 0.29) is 29.9 Å². The molecule has 0 fully saturated rings. The summed E-state index contributed by atoms with van der Waals surface area (Å²) in [6.45, 7) is 3.30. The van der Waals surface area contributed by atoms with Gasteiger partial charge in [0.05, 0.1) is 6.61 Å². The third kappa shape index (κ3) is 4.70. The predicted molar refractivity (Wildman–Crippen MR) is 90.0 cm³/mol. The summed E-state index contributed by atoms with van der Waals surface area (Å²) in [6.07, 6.45) is 6.21. The van der Waals surface area contributed by atoms with Gasteiger partial charge in [-0.3, -0.25) is 9.59 Å². The van der Waals surface area contributed by atoms with Gasteiger partial charge >= 0.3 is 5.97 Å². The average molecular weight is 352 g/mol. The molecule has 1 atom stereocenters. The molecule has 130 valence electrons. The van der Waals surface area contributed by atoms with Crippen molar-refractivity contribution in [1.29, 1.82) is 0 Å². The number of allylic oxidation sites excluding steroid dienone is 3. The SMILES string of the molecule is CCOC(=O)C1OC(C2=CC=CCC2)=NN1C(=O)CCSC(C)=O. The standard InChI is InChI=1S/C16H20N2O5S/c1-3-22-16(21)15-18(13(20)9-10-24-11(2)19)17-14(23-15)12-7-5-4-6-8-12/h4-5,7,15H,3,6,8-10H2,1-2H3. The first-order valence-electron chi connectivity index (χ1n) is 7.76. The lowest BCUT2D eigenvalue weighted by molar-refractivity contribution is -0.164. The minimum Gasteiger partial charge on any atom is -0.462 e. The number of rotatable bonds is 6. The van der Waals surface area contributed by atoms with Gasteiger partial charge in [-0.05, 0) is 19.8 Å². The van der Waals surface area contributed by atoms with E-state index in [1.165, 1.54) is 6.92 Å². The lowest BCUT2D eigenvalue weighted by atomic mass is 10.1. The van der Waals surface area contributed by atoms with Crippen molar-refractivity contribution in [3.8, 4) is 0 Å². The summed E-state index contributed by atoms with van der Waals surface area (Å²) in [5, 5.41) is 5.13. The Balaban J connectivity index is 2.11. The van der Waals surface area contributed by atoms with Gasteiger partial charge in [0.2, 0.25) is 11.8 Å². The molecule has 1 unspecified atom stereocenters. The van der Waals surface area contributed by atoms with Crippen LogP contribution < -0.4 is 0 Å². The van der Waals surface area contributed by atoms with Crippen LogP contribution in [0.3, 0.4) is 0 Å². The Hall–Kier alpha value is -2.09. The molecule has 1 amide bonds. The van der Waals surface area contributed by atoms with Crippen LogP contribution in [0.2, 0.25) is 0 Å². The highest BCUT2D eigenvalue weighted by Gasteiger charge is 2.40. The predicted octanol–water partition coefficient (Wildman–Crippen LogP) is 1.99. The zero-order valence-electron chi connectivity index (χ0n) is 13.7. The first-order chi connectivity index (χ1) is 11.5. The largest absolute Gasteiger partial charge is 0.462 e. The molecule has 1 heterocycles. The van der Waals surface area contributed by atoms with Gasteiger partial charge in [0.25, 0.3) is 6.23 Å². The minimum atomic E-state index is -1.21. The third-order valence-corrected chi connectivity index (χ3v) is 4.11.